The van der Waals surface area contributed by atoms with E-state index in [9.17, 15) is 9.59 Å². The fourth-order valence-electron chi connectivity index (χ4n) is 3.35. The third-order valence-electron chi connectivity index (χ3n) is 4.58. The summed E-state index contributed by atoms with van der Waals surface area (Å²) in [6.45, 7) is 7.16. The van der Waals surface area contributed by atoms with Gasteiger partial charge < -0.3 is 15.0 Å². The molecule has 0 bridgehead atoms. The van der Waals surface area contributed by atoms with Crippen LogP contribution >= 0.6 is 11.3 Å². The minimum Gasteiger partial charge on any atom is -0.444 e. The summed E-state index contributed by atoms with van der Waals surface area (Å²) in [5.41, 5.74) is 0.738. The van der Waals surface area contributed by atoms with Crippen LogP contribution in [0.1, 0.15) is 67.8 Å². The Morgan fingerprint density at radius 2 is 2.04 bits per heavy atom. The van der Waals surface area contributed by atoms with Crippen LogP contribution in [-0.2, 0) is 16.0 Å². The molecule has 1 saturated heterocycles. The number of alkyl carbamates (subject to hydrolysis) is 1. The Hall–Kier alpha value is -1.82. The fourth-order valence-corrected chi connectivity index (χ4v) is 4.54. The van der Waals surface area contributed by atoms with Crippen LogP contribution in [0.3, 0.4) is 0 Å². The minimum absolute atomic E-state index is 0.102. The van der Waals surface area contributed by atoms with Crippen molar-refractivity contribution < 1.29 is 14.3 Å². The monoisotopic (exact) mass is 376 g/mol. The van der Waals surface area contributed by atoms with E-state index in [4.69, 9.17) is 4.74 Å². The quantitative estimate of drug-likeness (QED) is 0.853. The number of fused-ring (bicyclic) bond motifs is 1. The maximum absolute atomic E-state index is 12.7. The number of amides is 2. The topological polar surface area (TPSA) is 58.6 Å². The zero-order valence-electron chi connectivity index (χ0n) is 15.8. The molecule has 1 fully saturated rings. The molecule has 2 amide bonds. The lowest BCUT2D eigenvalue weighted by Gasteiger charge is -2.24. The van der Waals surface area contributed by atoms with E-state index in [1.807, 2.05) is 25.7 Å². The molecule has 0 radical (unpaired) electrons. The third-order valence-corrected chi connectivity index (χ3v) is 5.84. The van der Waals surface area contributed by atoms with Gasteiger partial charge in [-0.1, -0.05) is 6.08 Å². The number of likely N-dealkylation sites (tertiary alicyclic amines) is 1. The van der Waals surface area contributed by atoms with Gasteiger partial charge in [0.05, 0.1) is 12.5 Å². The average Bonchev–Trinajstić information content (AvgIpc) is 3.21. The van der Waals surface area contributed by atoms with Crippen LogP contribution in [-0.4, -0.2) is 35.6 Å². The summed E-state index contributed by atoms with van der Waals surface area (Å²) in [6, 6.07) is 1.80. The number of allylic oxidation sites excluding steroid dienone is 1. The van der Waals surface area contributed by atoms with Crippen LogP contribution in [0.5, 0.6) is 0 Å². The number of hydrogen-bond acceptors (Lipinski definition) is 4. The smallest absolute Gasteiger partial charge is 0.408 e. The lowest BCUT2D eigenvalue weighted by molar-refractivity contribution is -0.130. The van der Waals surface area contributed by atoms with Crippen molar-refractivity contribution in [1.29, 1.82) is 0 Å². The molecule has 0 saturated carbocycles. The molecule has 1 unspecified atom stereocenters. The molecule has 26 heavy (non-hydrogen) atoms. The molecule has 0 aromatic carbocycles. The molecule has 3 rings (SSSR count). The van der Waals surface area contributed by atoms with E-state index in [0.29, 0.717) is 0 Å². The number of aryl methyl sites for hydroxylation is 1. The van der Waals surface area contributed by atoms with Crippen molar-refractivity contribution in [3.63, 3.8) is 0 Å². The number of thiophene rings is 1. The van der Waals surface area contributed by atoms with Crippen LogP contribution in [0.4, 0.5) is 4.79 Å². The molecule has 1 N–H and O–H groups in total. The van der Waals surface area contributed by atoms with Crippen molar-refractivity contribution in [2.45, 2.75) is 64.5 Å². The summed E-state index contributed by atoms with van der Waals surface area (Å²) in [7, 11) is 0. The van der Waals surface area contributed by atoms with Crippen molar-refractivity contribution in [2.75, 3.05) is 13.1 Å². The fraction of sp³-hybridized carbons (Fsp3) is 0.600. The minimum atomic E-state index is -0.564. The average molecular weight is 377 g/mol. The largest absolute Gasteiger partial charge is 0.444 e. The first kappa shape index (κ1) is 19.0. The molecule has 6 heteroatoms. The van der Waals surface area contributed by atoms with Crippen molar-refractivity contribution in [2.24, 2.45) is 0 Å². The first-order chi connectivity index (χ1) is 12.3. The van der Waals surface area contributed by atoms with Crippen molar-refractivity contribution in [3.05, 3.63) is 27.5 Å². The second-order valence-corrected chi connectivity index (χ2v) is 9.09. The second kappa shape index (κ2) is 7.82. The zero-order valence-corrected chi connectivity index (χ0v) is 16.7. The van der Waals surface area contributed by atoms with E-state index in [-0.39, 0.29) is 18.4 Å². The van der Waals surface area contributed by atoms with Gasteiger partial charge in [-0.25, -0.2) is 4.79 Å². The third kappa shape index (κ3) is 4.87. The van der Waals surface area contributed by atoms with Gasteiger partial charge in [0, 0.05) is 22.8 Å². The molecule has 1 aromatic rings. The number of rotatable bonds is 4. The predicted octanol–water partition coefficient (Wildman–Crippen LogP) is 4.29. The molecular weight excluding hydrogens is 348 g/mol. The summed E-state index contributed by atoms with van der Waals surface area (Å²) >= 11 is 1.66. The van der Waals surface area contributed by atoms with Crippen molar-refractivity contribution in [3.8, 4) is 0 Å². The number of hydrogen-bond donors (Lipinski definition) is 1. The SMILES string of the molecule is CC(C)(C)OC(=O)NC(CC(=O)N1CCCC1)c1cc2c(s1)C=CCC2. The maximum Gasteiger partial charge on any atom is 0.408 e. The second-order valence-electron chi connectivity index (χ2n) is 7.97. The molecule has 1 aliphatic carbocycles. The molecule has 1 aromatic heterocycles. The summed E-state index contributed by atoms with van der Waals surface area (Å²) in [5.74, 6) is 0.102. The van der Waals surface area contributed by atoms with Gasteiger partial charge in [-0.2, -0.15) is 0 Å². The van der Waals surface area contributed by atoms with E-state index in [0.717, 1.165) is 43.6 Å². The Labute approximate surface area is 159 Å². The van der Waals surface area contributed by atoms with Crippen molar-refractivity contribution in [1.82, 2.24) is 10.2 Å². The molecule has 2 aliphatic rings. The molecular formula is C20H28N2O3S. The highest BCUT2D eigenvalue weighted by Gasteiger charge is 2.27. The highest BCUT2D eigenvalue weighted by molar-refractivity contribution is 7.13. The predicted molar refractivity (Wildman–Crippen MR) is 104 cm³/mol. The standard InChI is InChI=1S/C20H28N2O3S/c1-20(2,3)25-19(24)21-15(13-18(23)22-10-6-7-11-22)17-12-14-8-4-5-9-16(14)26-17/h5,9,12,15H,4,6-8,10-11,13H2,1-3H3,(H,21,24). The van der Waals surface area contributed by atoms with Gasteiger partial charge in [0.25, 0.3) is 0 Å². The molecule has 1 atom stereocenters. The molecule has 0 spiro atoms. The zero-order chi connectivity index (χ0) is 18.7. The van der Waals surface area contributed by atoms with Gasteiger partial charge in [0.1, 0.15) is 5.60 Å². The lowest BCUT2D eigenvalue weighted by atomic mass is 10.0. The first-order valence-electron chi connectivity index (χ1n) is 9.38. The Morgan fingerprint density at radius 3 is 2.69 bits per heavy atom. The summed E-state index contributed by atoms with van der Waals surface area (Å²) in [6.07, 6.45) is 8.30. The van der Waals surface area contributed by atoms with Gasteiger partial charge in [0.15, 0.2) is 0 Å². The first-order valence-corrected chi connectivity index (χ1v) is 10.2. The molecule has 142 valence electrons. The van der Waals surface area contributed by atoms with Crippen LogP contribution in [0.2, 0.25) is 0 Å². The van der Waals surface area contributed by atoms with E-state index >= 15 is 0 Å². The van der Waals surface area contributed by atoms with E-state index in [1.165, 1.54) is 10.4 Å². The Balaban J connectivity index is 1.76. The van der Waals surface area contributed by atoms with Crippen molar-refractivity contribution >= 4 is 29.4 Å². The number of carbonyl (C=O) groups excluding carboxylic acids is 2. The van der Waals surface area contributed by atoms with Crippen LogP contribution in [0, 0.1) is 0 Å². The highest BCUT2D eigenvalue weighted by Crippen LogP contribution is 2.34. The number of nitrogens with one attached hydrogen (secondary N) is 1. The number of nitrogens with zero attached hydrogens (tertiary/aromatic N) is 1. The number of carbonyl (C=O) groups is 2. The van der Waals surface area contributed by atoms with E-state index in [1.54, 1.807) is 11.3 Å². The van der Waals surface area contributed by atoms with Crippen LogP contribution < -0.4 is 5.32 Å². The van der Waals surface area contributed by atoms with Gasteiger partial charge in [-0.15, -0.1) is 11.3 Å². The Kier molecular flexibility index (Phi) is 5.70. The van der Waals surface area contributed by atoms with Gasteiger partial charge in [0.2, 0.25) is 5.91 Å². The van der Waals surface area contributed by atoms with Crippen LogP contribution in [0.15, 0.2) is 12.1 Å². The normalized spacial score (nSPS) is 17.7. The summed E-state index contributed by atoms with van der Waals surface area (Å²) in [5, 5.41) is 2.93. The van der Waals surface area contributed by atoms with Gasteiger partial charge in [-0.3, -0.25) is 4.79 Å². The Bertz CT molecular complexity index is 696. The summed E-state index contributed by atoms with van der Waals surface area (Å²) < 4.78 is 5.41. The molecule has 5 nitrogen and oxygen atoms in total. The number of ether oxygens (including phenoxy) is 1. The van der Waals surface area contributed by atoms with Crippen LogP contribution in [0.25, 0.3) is 6.08 Å². The molecule has 1 aliphatic heterocycles. The van der Waals surface area contributed by atoms with E-state index < -0.39 is 11.7 Å². The highest BCUT2D eigenvalue weighted by atomic mass is 32.1. The molecule has 2 heterocycles. The maximum atomic E-state index is 12.7. The summed E-state index contributed by atoms with van der Waals surface area (Å²) in [4.78, 5) is 29.1. The Morgan fingerprint density at radius 1 is 1.31 bits per heavy atom. The van der Waals surface area contributed by atoms with E-state index in [2.05, 4.69) is 23.5 Å². The van der Waals surface area contributed by atoms with Gasteiger partial charge >= 0.3 is 6.09 Å². The lowest BCUT2D eigenvalue weighted by Crippen LogP contribution is -2.37. The van der Waals surface area contributed by atoms with Gasteiger partial charge in [-0.05, 0) is 64.2 Å².